The summed E-state index contributed by atoms with van der Waals surface area (Å²) in [7, 11) is 0. The molecule has 5 nitrogen and oxygen atoms in total. The van der Waals surface area contributed by atoms with Gasteiger partial charge in [0, 0.05) is 23.3 Å². The lowest BCUT2D eigenvalue weighted by atomic mass is 9.67. The maximum Gasteiger partial charge on any atom is 0.313 e. The van der Waals surface area contributed by atoms with E-state index in [4.69, 9.17) is 79.1 Å². The second-order valence-corrected chi connectivity index (χ2v) is 11.5. The molecule has 1 saturated carbocycles. The molecule has 2 aromatic rings. The van der Waals surface area contributed by atoms with Crippen molar-refractivity contribution in [3.05, 3.63) is 57.6 Å². The third-order valence-corrected chi connectivity index (χ3v) is 11.1. The van der Waals surface area contributed by atoms with Gasteiger partial charge in [-0.1, -0.05) is 46.4 Å². The van der Waals surface area contributed by atoms with Gasteiger partial charge in [0.05, 0.1) is 21.9 Å². The van der Waals surface area contributed by atoms with Crippen LogP contribution in [0.3, 0.4) is 0 Å². The molecule has 2 aromatic carbocycles. The largest absolute Gasteiger partial charge is 0.508 e. The van der Waals surface area contributed by atoms with E-state index in [2.05, 4.69) is 0 Å². The van der Waals surface area contributed by atoms with Crippen LogP contribution < -0.4 is 4.74 Å². The number of benzene rings is 2. The summed E-state index contributed by atoms with van der Waals surface area (Å²) >= 11 is 40.5. The van der Waals surface area contributed by atoms with Gasteiger partial charge >= 0.3 is 5.97 Å². The monoisotopic (exact) mass is 552 g/mol. The van der Waals surface area contributed by atoms with Crippen molar-refractivity contribution in [3.8, 4) is 23.0 Å². The van der Waals surface area contributed by atoms with Crippen LogP contribution in [0.4, 0.5) is 0 Å². The Balaban J connectivity index is 1.74. The number of rotatable bonds is 0. The average Bonchev–Trinajstić information content (AvgIpc) is 3.14. The summed E-state index contributed by atoms with van der Waals surface area (Å²) < 4.78 is 10.0. The molecule has 166 valence electrons. The summed E-state index contributed by atoms with van der Waals surface area (Å²) in [6, 6.07) is 8.64. The lowest BCUT2D eigenvalue weighted by Crippen LogP contribution is -2.51. The van der Waals surface area contributed by atoms with E-state index in [1.54, 1.807) is 12.1 Å². The number of halogens is 6. The van der Waals surface area contributed by atoms with Gasteiger partial charge in [0.25, 0.3) is 0 Å². The van der Waals surface area contributed by atoms with E-state index >= 15 is 0 Å². The van der Waals surface area contributed by atoms with Crippen molar-refractivity contribution in [1.82, 2.24) is 0 Å². The second-order valence-electron chi connectivity index (χ2n) is 8.20. The number of hydrogen-bond donors (Lipinski definition) is 2. The van der Waals surface area contributed by atoms with E-state index in [9.17, 15) is 15.0 Å². The molecule has 4 unspecified atom stereocenters. The van der Waals surface area contributed by atoms with E-state index in [0.29, 0.717) is 11.1 Å². The first kappa shape index (κ1) is 21.3. The average molecular weight is 555 g/mol. The van der Waals surface area contributed by atoms with Crippen LogP contribution in [0, 0.1) is 11.8 Å². The third-order valence-electron chi connectivity index (χ3n) is 6.84. The van der Waals surface area contributed by atoms with Crippen molar-refractivity contribution in [2.24, 2.45) is 11.8 Å². The molecule has 2 bridgehead atoms. The third kappa shape index (κ3) is 1.99. The van der Waals surface area contributed by atoms with Crippen molar-refractivity contribution in [2.75, 3.05) is 0 Å². The van der Waals surface area contributed by atoms with Gasteiger partial charge in [0.1, 0.15) is 32.7 Å². The van der Waals surface area contributed by atoms with Gasteiger partial charge in [-0.05, 0) is 24.3 Å². The number of fused-ring (bicyclic) bond motifs is 10. The van der Waals surface area contributed by atoms with Crippen molar-refractivity contribution in [2.45, 2.75) is 19.7 Å². The highest BCUT2D eigenvalue weighted by atomic mass is 35.5. The molecule has 2 fully saturated rings. The molecule has 32 heavy (non-hydrogen) atoms. The summed E-state index contributed by atoms with van der Waals surface area (Å²) in [6.07, 6.45) is 0. The predicted octanol–water partition coefficient (Wildman–Crippen LogP) is 6.08. The first-order valence-corrected chi connectivity index (χ1v) is 11.6. The molecule has 1 saturated heterocycles. The zero-order chi connectivity index (χ0) is 23.0. The van der Waals surface area contributed by atoms with Gasteiger partial charge < -0.3 is 19.7 Å². The summed E-state index contributed by atoms with van der Waals surface area (Å²) in [5, 5.41) is 19.9. The van der Waals surface area contributed by atoms with E-state index in [0.717, 1.165) is 0 Å². The van der Waals surface area contributed by atoms with Crippen LogP contribution in [0.25, 0.3) is 0 Å². The number of hydrogen-bond acceptors (Lipinski definition) is 5. The number of allylic oxidation sites excluding steroid dienone is 2. The van der Waals surface area contributed by atoms with Gasteiger partial charge in [0.15, 0.2) is 9.93 Å². The minimum Gasteiger partial charge on any atom is -0.508 e. The van der Waals surface area contributed by atoms with E-state index in [-0.39, 0.29) is 33.1 Å². The fourth-order valence-corrected chi connectivity index (χ4v) is 8.58. The number of aromatic hydroxyl groups is 2. The molecule has 2 heterocycles. The molecule has 2 aliphatic heterocycles. The Labute approximate surface area is 211 Å². The van der Waals surface area contributed by atoms with Crippen LogP contribution in [0.2, 0.25) is 0 Å². The number of carbonyl (C=O) groups is 1. The molecule has 2 aliphatic carbocycles. The minimum atomic E-state index is -1.97. The summed E-state index contributed by atoms with van der Waals surface area (Å²) in [6.45, 7) is 0. The molecule has 0 radical (unpaired) electrons. The van der Waals surface area contributed by atoms with Crippen molar-refractivity contribution >= 4 is 75.6 Å². The van der Waals surface area contributed by atoms with Gasteiger partial charge in [-0.15, -0.1) is 23.2 Å². The number of carbonyl (C=O) groups excluding carboxylic acids is 1. The summed E-state index contributed by atoms with van der Waals surface area (Å²) in [5.41, 5.74) is -0.837. The molecule has 0 aromatic heterocycles. The highest BCUT2D eigenvalue weighted by Crippen LogP contribution is 2.82. The van der Waals surface area contributed by atoms with E-state index < -0.39 is 37.5 Å². The van der Waals surface area contributed by atoms with Crippen molar-refractivity contribution in [1.29, 1.82) is 0 Å². The summed E-state index contributed by atoms with van der Waals surface area (Å²) in [4.78, 5) is 9.76. The summed E-state index contributed by atoms with van der Waals surface area (Å²) in [5.74, 6) is -2.70. The number of esters is 1. The highest BCUT2D eigenvalue weighted by molar-refractivity contribution is 6.66. The van der Waals surface area contributed by atoms with Crippen LogP contribution in [0.15, 0.2) is 46.5 Å². The fraction of sp³-hybridized carbons (Fsp3) is 0.286. The zero-order valence-corrected chi connectivity index (χ0v) is 20.0. The molecular formula is C21H10Cl6O5. The molecule has 0 amide bonds. The SMILES string of the molecule is O=C1OC2(c3ccc(O)cc3Oc3cc(O)ccc32)C2C1C1(Cl)C(Cl)=C(Cl)C2(Cl)C1(Cl)Cl. The van der Waals surface area contributed by atoms with Crippen LogP contribution in [-0.2, 0) is 15.1 Å². The van der Waals surface area contributed by atoms with Crippen LogP contribution >= 0.6 is 69.6 Å². The standard InChI is InChI=1S/C21H10Cl6O5/c22-15-16(23)20(25)14-13(19(15,24)21(20,26)27)17(30)32-18(14)9-3-1-7(28)5-11(9)31-12-6-8(29)2-4-10(12)18/h1-6,13-14,28-29H. The number of phenolic OH excluding ortho intramolecular Hbond substituents is 2. The minimum absolute atomic E-state index is 0.0769. The van der Waals surface area contributed by atoms with Crippen molar-refractivity contribution < 1.29 is 24.5 Å². The molecule has 2 N–H and O–H groups in total. The maximum atomic E-state index is 13.4. The Bertz CT molecular complexity index is 1240. The lowest BCUT2D eigenvalue weighted by Gasteiger charge is -2.45. The second kappa shape index (κ2) is 6.07. The molecule has 6 rings (SSSR count). The van der Waals surface area contributed by atoms with Crippen LogP contribution in [-0.4, -0.2) is 30.3 Å². The maximum absolute atomic E-state index is 13.4. The van der Waals surface area contributed by atoms with Gasteiger partial charge in [0.2, 0.25) is 0 Å². The quantitative estimate of drug-likeness (QED) is 0.305. The first-order chi connectivity index (χ1) is 14.9. The molecular weight excluding hydrogens is 545 g/mol. The normalized spacial score (nSPS) is 34.8. The van der Waals surface area contributed by atoms with Gasteiger partial charge in [-0.3, -0.25) is 4.79 Å². The molecule has 1 spiro atoms. The Morgan fingerprint density at radius 2 is 1.31 bits per heavy atom. The fourth-order valence-electron chi connectivity index (χ4n) is 5.59. The highest BCUT2D eigenvalue weighted by Gasteiger charge is 2.90. The Hall–Kier alpha value is -1.21. The van der Waals surface area contributed by atoms with Crippen LogP contribution in [0.1, 0.15) is 11.1 Å². The first-order valence-electron chi connectivity index (χ1n) is 9.32. The number of alkyl halides is 4. The van der Waals surface area contributed by atoms with Crippen LogP contribution in [0.5, 0.6) is 23.0 Å². The molecule has 11 heteroatoms. The molecule has 4 aliphatic rings. The number of ether oxygens (including phenoxy) is 2. The van der Waals surface area contributed by atoms with Gasteiger partial charge in [-0.2, -0.15) is 0 Å². The Morgan fingerprint density at radius 3 is 1.84 bits per heavy atom. The zero-order valence-electron chi connectivity index (χ0n) is 15.5. The lowest BCUT2D eigenvalue weighted by molar-refractivity contribution is -0.150. The smallest absolute Gasteiger partial charge is 0.313 e. The Kier molecular flexibility index (Phi) is 4.05. The van der Waals surface area contributed by atoms with E-state index in [1.807, 2.05) is 0 Å². The Morgan fingerprint density at radius 1 is 0.812 bits per heavy atom. The van der Waals surface area contributed by atoms with Crippen molar-refractivity contribution in [3.63, 3.8) is 0 Å². The topological polar surface area (TPSA) is 76.0 Å². The number of phenols is 2. The van der Waals surface area contributed by atoms with E-state index in [1.165, 1.54) is 24.3 Å². The van der Waals surface area contributed by atoms with Gasteiger partial charge in [-0.25, -0.2) is 0 Å². The molecule has 4 atom stereocenters. The predicted molar refractivity (Wildman–Crippen MR) is 120 cm³/mol.